The van der Waals surface area contributed by atoms with Crippen LogP contribution in [0, 0.1) is 5.82 Å². The molecule has 1 aliphatic heterocycles. The van der Waals surface area contributed by atoms with Crippen molar-refractivity contribution < 1.29 is 37.5 Å². The van der Waals surface area contributed by atoms with Crippen molar-refractivity contribution in [1.29, 1.82) is 0 Å². The second-order valence-electron chi connectivity index (χ2n) is 11.3. The summed E-state index contributed by atoms with van der Waals surface area (Å²) in [5.41, 5.74) is -0.496. The Kier molecular flexibility index (Phi) is 8.78. The molecular formula is C28H37BFNO7. The fraction of sp³-hybridized carbons (Fsp3) is 0.500. The Balaban J connectivity index is 1.95. The Morgan fingerprint density at radius 1 is 1.03 bits per heavy atom. The van der Waals surface area contributed by atoms with Crippen LogP contribution in [-0.2, 0) is 36.6 Å². The number of hydrogen-bond donors (Lipinski definition) is 1. The first-order valence-electron chi connectivity index (χ1n) is 12.5. The van der Waals surface area contributed by atoms with Crippen LogP contribution in [0.15, 0.2) is 42.5 Å². The molecule has 1 fully saturated rings. The summed E-state index contributed by atoms with van der Waals surface area (Å²) in [6, 6.07) is 11.2. The molecule has 206 valence electrons. The summed E-state index contributed by atoms with van der Waals surface area (Å²) in [5.74, 6) is -1.35. The normalized spacial score (nSPS) is 17.0. The molecular weight excluding hydrogens is 492 g/mol. The van der Waals surface area contributed by atoms with E-state index >= 15 is 4.39 Å². The molecule has 2 aromatic rings. The van der Waals surface area contributed by atoms with Crippen LogP contribution >= 0.6 is 0 Å². The molecule has 38 heavy (non-hydrogen) atoms. The second kappa shape index (κ2) is 11.3. The zero-order valence-corrected chi connectivity index (χ0v) is 23.3. The molecule has 2 aromatic carbocycles. The monoisotopic (exact) mass is 529 g/mol. The van der Waals surface area contributed by atoms with Crippen LogP contribution in [0.1, 0.15) is 59.6 Å². The quantitative estimate of drug-likeness (QED) is 0.403. The number of rotatable bonds is 8. The Morgan fingerprint density at radius 2 is 1.63 bits per heavy atom. The van der Waals surface area contributed by atoms with Gasteiger partial charge in [-0.3, -0.25) is 0 Å². The van der Waals surface area contributed by atoms with E-state index in [2.05, 4.69) is 5.32 Å². The first-order valence-corrected chi connectivity index (χ1v) is 12.5. The molecule has 8 nitrogen and oxygen atoms in total. The Bertz CT molecular complexity index is 1130. The van der Waals surface area contributed by atoms with Crippen molar-refractivity contribution in [3.63, 3.8) is 0 Å². The molecule has 0 saturated carbocycles. The molecule has 0 unspecified atom stereocenters. The number of nitrogens with one attached hydrogen (secondary N) is 1. The van der Waals surface area contributed by atoms with Gasteiger partial charge in [0.1, 0.15) is 18.2 Å². The van der Waals surface area contributed by atoms with Crippen LogP contribution in [0.3, 0.4) is 0 Å². The van der Waals surface area contributed by atoms with Gasteiger partial charge in [0.25, 0.3) is 0 Å². The number of carbonyl (C=O) groups is 2. The van der Waals surface area contributed by atoms with Crippen molar-refractivity contribution in [3.8, 4) is 5.75 Å². The highest BCUT2D eigenvalue weighted by Crippen LogP contribution is 2.37. The van der Waals surface area contributed by atoms with Crippen molar-refractivity contribution in [2.24, 2.45) is 0 Å². The minimum absolute atomic E-state index is 0.00850. The van der Waals surface area contributed by atoms with Gasteiger partial charge >= 0.3 is 19.2 Å². The van der Waals surface area contributed by atoms with Gasteiger partial charge in [0.15, 0.2) is 11.6 Å². The molecule has 3 rings (SSSR count). The number of ether oxygens (including phenoxy) is 3. The number of esters is 1. The number of benzene rings is 2. The maximum Gasteiger partial charge on any atom is 0.498 e. The average molecular weight is 529 g/mol. The SMILES string of the molecule is COC(=O)[C@H](Cc1cc(F)c(OCc2ccccc2)c(B2OC(C)(C)C(C)(C)O2)c1)NC(=O)OC(C)(C)C. The lowest BCUT2D eigenvalue weighted by Crippen LogP contribution is -2.45. The van der Waals surface area contributed by atoms with E-state index in [1.165, 1.54) is 13.2 Å². The predicted octanol–water partition coefficient (Wildman–Crippen LogP) is 4.31. The summed E-state index contributed by atoms with van der Waals surface area (Å²) in [7, 11) is 0.291. The molecule has 0 aromatic heterocycles. The third kappa shape index (κ3) is 7.26. The average Bonchev–Trinajstić information content (AvgIpc) is 3.03. The molecule has 1 saturated heterocycles. The maximum atomic E-state index is 15.6. The lowest BCUT2D eigenvalue weighted by Gasteiger charge is -2.32. The van der Waals surface area contributed by atoms with E-state index in [9.17, 15) is 9.59 Å². The Hall–Kier alpha value is -3.11. The highest BCUT2D eigenvalue weighted by Gasteiger charge is 2.53. The van der Waals surface area contributed by atoms with Crippen LogP contribution in [0.2, 0.25) is 0 Å². The van der Waals surface area contributed by atoms with E-state index in [4.69, 9.17) is 23.5 Å². The number of amides is 1. The van der Waals surface area contributed by atoms with Crippen LogP contribution in [-0.4, -0.2) is 49.1 Å². The van der Waals surface area contributed by atoms with E-state index in [1.807, 2.05) is 58.0 Å². The van der Waals surface area contributed by atoms with Crippen molar-refractivity contribution in [2.75, 3.05) is 7.11 Å². The highest BCUT2D eigenvalue weighted by atomic mass is 19.1. The summed E-state index contributed by atoms with van der Waals surface area (Å²) in [6.07, 6.45) is -0.851. The largest absolute Gasteiger partial charge is 0.498 e. The Morgan fingerprint density at radius 3 is 2.18 bits per heavy atom. The van der Waals surface area contributed by atoms with E-state index in [1.54, 1.807) is 26.8 Å². The summed E-state index contributed by atoms with van der Waals surface area (Å²) in [4.78, 5) is 24.8. The molecule has 0 spiro atoms. The maximum absolute atomic E-state index is 15.6. The van der Waals surface area contributed by atoms with Crippen molar-refractivity contribution in [3.05, 3.63) is 59.4 Å². The molecule has 1 amide bonds. The molecule has 0 aliphatic carbocycles. The number of methoxy groups -OCH3 is 1. The third-order valence-electron chi connectivity index (χ3n) is 6.48. The zero-order chi connectivity index (χ0) is 28.3. The second-order valence-corrected chi connectivity index (χ2v) is 11.3. The van der Waals surface area contributed by atoms with Gasteiger partial charge in [-0.25, -0.2) is 14.0 Å². The van der Waals surface area contributed by atoms with Crippen molar-refractivity contribution in [1.82, 2.24) is 5.32 Å². The Labute approximate surface area is 224 Å². The van der Waals surface area contributed by atoms with E-state index < -0.39 is 47.8 Å². The standard InChI is InChI=1S/C28H37BFNO7/c1-26(2,3)36-25(33)31-22(24(32)34-8)16-19-14-20(29-37-27(4,5)28(6,7)38-29)23(21(30)15-19)35-17-18-12-10-9-11-13-18/h9-15,22H,16-17H2,1-8H3,(H,31,33)/t22-/m0/s1. The fourth-order valence-corrected chi connectivity index (χ4v) is 3.84. The summed E-state index contributed by atoms with van der Waals surface area (Å²) in [6.45, 7) is 12.9. The smallest absolute Gasteiger partial charge is 0.486 e. The molecule has 10 heteroatoms. The minimum Gasteiger partial charge on any atom is -0.486 e. The van der Waals surface area contributed by atoms with Crippen LogP contribution < -0.4 is 15.5 Å². The van der Waals surface area contributed by atoms with E-state index in [0.717, 1.165) is 5.56 Å². The van der Waals surface area contributed by atoms with E-state index in [-0.39, 0.29) is 18.8 Å². The lowest BCUT2D eigenvalue weighted by atomic mass is 9.77. The first kappa shape index (κ1) is 29.5. The molecule has 1 heterocycles. The van der Waals surface area contributed by atoms with Crippen molar-refractivity contribution >= 4 is 24.6 Å². The third-order valence-corrected chi connectivity index (χ3v) is 6.48. The van der Waals surface area contributed by atoms with Gasteiger partial charge in [0, 0.05) is 11.9 Å². The summed E-state index contributed by atoms with van der Waals surface area (Å²) < 4.78 is 44.1. The van der Waals surface area contributed by atoms with Crippen LogP contribution in [0.4, 0.5) is 9.18 Å². The summed E-state index contributed by atoms with van der Waals surface area (Å²) >= 11 is 0. The molecule has 1 aliphatic rings. The topological polar surface area (TPSA) is 92.3 Å². The van der Waals surface area contributed by atoms with Gasteiger partial charge in [-0.05, 0) is 65.7 Å². The lowest BCUT2D eigenvalue weighted by molar-refractivity contribution is -0.143. The number of alkyl carbamates (subject to hydrolysis) is 1. The number of hydrogen-bond acceptors (Lipinski definition) is 7. The van der Waals surface area contributed by atoms with Crippen LogP contribution in [0.5, 0.6) is 5.75 Å². The van der Waals surface area contributed by atoms with E-state index in [0.29, 0.717) is 11.0 Å². The van der Waals surface area contributed by atoms with Crippen molar-refractivity contribution in [2.45, 2.75) is 84.3 Å². The van der Waals surface area contributed by atoms with Gasteiger partial charge in [-0.2, -0.15) is 0 Å². The molecule has 0 radical (unpaired) electrons. The molecule has 0 bridgehead atoms. The minimum atomic E-state index is -1.11. The fourth-order valence-electron chi connectivity index (χ4n) is 3.84. The molecule has 1 N–H and O–H groups in total. The predicted molar refractivity (Wildman–Crippen MR) is 142 cm³/mol. The van der Waals surface area contributed by atoms with Gasteiger partial charge in [0.2, 0.25) is 0 Å². The van der Waals surface area contributed by atoms with Gasteiger partial charge in [-0.15, -0.1) is 0 Å². The number of halogens is 1. The van der Waals surface area contributed by atoms with Gasteiger partial charge < -0.3 is 28.8 Å². The number of carbonyl (C=O) groups excluding carboxylic acids is 2. The van der Waals surface area contributed by atoms with Gasteiger partial charge in [-0.1, -0.05) is 36.4 Å². The van der Waals surface area contributed by atoms with Crippen LogP contribution in [0.25, 0.3) is 0 Å². The van der Waals surface area contributed by atoms with Gasteiger partial charge in [0.05, 0.1) is 18.3 Å². The molecule has 1 atom stereocenters. The first-order chi connectivity index (χ1) is 17.6. The highest BCUT2D eigenvalue weighted by molar-refractivity contribution is 6.63. The summed E-state index contributed by atoms with van der Waals surface area (Å²) in [5, 5.41) is 2.52. The zero-order valence-electron chi connectivity index (χ0n) is 23.3.